The third kappa shape index (κ3) is 5.11. The molecule has 0 aliphatic carbocycles. The first kappa shape index (κ1) is 20.8. The van der Waals surface area contributed by atoms with Crippen molar-refractivity contribution in [3.8, 4) is 0 Å². The molecule has 0 aromatic heterocycles. The minimum atomic E-state index is -4.80. The van der Waals surface area contributed by atoms with Gasteiger partial charge < -0.3 is 0 Å². The molecule has 0 amide bonds. The molecule has 0 aliphatic heterocycles. The first-order valence-corrected chi connectivity index (χ1v) is 7.56. The summed E-state index contributed by atoms with van der Waals surface area (Å²) in [7, 11) is 0. The van der Waals surface area contributed by atoms with Gasteiger partial charge in [-0.25, -0.2) is 13.8 Å². The van der Waals surface area contributed by atoms with Crippen molar-refractivity contribution in [2.75, 3.05) is 0 Å². The number of rotatable bonds is 5. The van der Waals surface area contributed by atoms with Crippen molar-refractivity contribution < 1.29 is 22.0 Å². The Morgan fingerprint density at radius 2 is 1.64 bits per heavy atom. The van der Waals surface area contributed by atoms with Gasteiger partial charge in [0.25, 0.3) is 5.92 Å². The topological polar surface area (TPSA) is 12.4 Å². The highest BCUT2D eigenvalue weighted by Crippen LogP contribution is 2.41. The van der Waals surface area contributed by atoms with E-state index in [1.807, 2.05) is 0 Å². The highest BCUT2D eigenvalue weighted by Gasteiger charge is 2.39. The van der Waals surface area contributed by atoms with Gasteiger partial charge in [0, 0.05) is 18.1 Å². The second kappa shape index (κ2) is 7.76. The van der Waals surface area contributed by atoms with E-state index in [2.05, 4.69) is 11.6 Å². The number of hydrogen-bond donors (Lipinski definition) is 0. The summed E-state index contributed by atoms with van der Waals surface area (Å²) in [5, 5.41) is 0. The number of benzene rings is 1. The zero-order chi connectivity index (χ0) is 19.4. The molecule has 1 aromatic rings. The summed E-state index contributed by atoms with van der Waals surface area (Å²) in [4.78, 5) is 4.09. The molecule has 0 bridgehead atoms. The average Bonchev–Trinajstić information content (AvgIpc) is 2.51. The van der Waals surface area contributed by atoms with Crippen LogP contribution in [0.15, 0.2) is 53.6 Å². The zero-order valence-electron chi connectivity index (χ0n) is 14.5. The Morgan fingerprint density at radius 3 is 2.08 bits per heavy atom. The van der Waals surface area contributed by atoms with Crippen molar-refractivity contribution in [1.82, 2.24) is 0 Å². The molecule has 0 radical (unpaired) electrons. The van der Waals surface area contributed by atoms with Crippen LogP contribution in [0.25, 0.3) is 5.70 Å². The molecule has 0 heterocycles. The molecule has 0 aliphatic rings. The van der Waals surface area contributed by atoms with Crippen LogP contribution in [-0.4, -0.2) is 5.71 Å². The molecule has 0 atom stereocenters. The lowest BCUT2D eigenvalue weighted by atomic mass is 9.94. The van der Waals surface area contributed by atoms with E-state index in [0.29, 0.717) is 18.2 Å². The molecular formula is C19H20F5N. The normalized spacial score (nSPS) is 14.3. The van der Waals surface area contributed by atoms with E-state index >= 15 is 0 Å². The van der Waals surface area contributed by atoms with E-state index in [0.717, 1.165) is 18.2 Å². The molecule has 0 saturated heterocycles. The predicted octanol–water partition coefficient (Wildman–Crippen LogP) is 6.77. The number of allylic oxidation sites excluding steroid dienone is 4. The van der Waals surface area contributed by atoms with Crippen LogP contribution in [0.1, 0.15) is 44.4 Å². The summed E-state index contributed by atoms with van der Waals surface area (Å²) in [6.07, 6.45) is 0.160. The lowest BCUT2D eigenvalue weighted by Crippen LogP contribution is -2.16. The fourth-order valence-corrected chi connectivity index (χ4v) is 2.23. The van der Waals surface area contributed by atoms with Crippen LogP contribution in [-0.2, 0) is 12.1 Å². The van der Waals surface area contributed by atoms with E-state index < -0.39 is 28.8 Å². The second-order valence-electron chi connectivity index (χ2n) is 5.53. The summed E-state index contributed by atoms with van der Waals surface area (Å²) in [5.41, 5.74) is -1.94. The SMILES string of the molecule is C=C(N=C(/C=C\C)/C(C)=C/C)c1c(C(C)(F)F)cccc1C(F)(F)F. The van der Waals surface area contributed by atoms with Gasteiger partial charge >= 0.3 is 6.18 Å². The van der Waals surface area contributed by atoms with Crippen LogP contribution < -0.4 is 0 Å². The smallest absolute Gasteiger partial charge is 0.249 e. The van der Waals surface area contributed by atoms with Gasteiger partial charge in [0.15, 0.2) is 0 Å². The molecule has 6 heteroatoms. The molecule has 0 unspecified atom stereocenters. The molecular weight excluding hydrogens is 337 g/mol. The summed E-state index contributed by atoms with van der Waals surface area (Å²) in [6, 6.07) is 2.67. The lowest BCUT2D eigenvalue weighted by Gasteiger charge is -2.20. The van der Waals surface area contributed by atoms with Crippen LogP contribution in [0.2, 0.25) is 0 Å². The maximum atomic E-state index is 13.9. The minimum Gasteiger partial charge on any atom is -0.249 e. The standard InChI is InChI=1S/C19H20F5N/c1-6-9-16(12(3)7-2)25-13(4)17-14(18(5,20)21)10-8-11-15(17)19(22,23)24/h6-11H,4H2,1-3,5H3/b9-6-,12-7+,25-16?. The van der Waals surface area contributed by atoms with E-state index in [1.54, 1.807) is 39.0 Å². The van der Waals surface area contributed by atoms with Crippen molar-refractivity contribution in [3.63, 3.8) is 0 Å². The van der Waals surface area contributed by atoms with Crippen LogP contribution in [0.4, 0.5) is 22.0 Å². The Labute approximate surface area is 144 Å². The van der Waals surface area contributed by atoms with Crippen LogP contribution in [0, 0.1) is 0 Å². The predicted molar refractivity (Wildman–Crippen MR) is 91.7 cm³/mol. The van der Waals surface area contributed by atoms with E-state index in [-0.39, 0.29) is 5.70 Å². The molecule has 136 valence electrons. The summed E-state index contributed by atoms with van der Waals surface area (Å²) < 4.78 is 67.7. The van der Waals surface area contributed by atoms with Gasteiger partial charge in [-0.05, 0) is 38.5 Å². The van der Waals surface area contributed by atoms with Gasteiger partial charge in [-0.1, -0.05) is 30.9 Å². The maximum Gasteiger partial charge on any atom is 0.417 e. The average molecular weight is 357 g/mol. The lowest BCUT2D eigenvalue weighted by molar-refractivity contribution is -0.138. The van der Waals surface area contributed by atoms with Gasteiger partial charge in [-0.3, -0.25) is 0 Å². The van der Waals surface area contributed by atoms with Crippen molar-refractivity contribution in [2.24, 2.45) is 4.99 Å². The van der Waals surface area contributed by atoms with Crippen LogP contribution >= 0.6 is 0 Å². The number of halogens is 5. The Bertz CT molecular complexity index is 699. The van der Waals surface area contributed by atoms with Crippen molar-refractivity contribution in [1.29, 1.82) is 0 Å². The van der Waals surface area contributed by atoms with Crippen LogP contribution in [0.5, 0.6) is 0 Å². The third-order valence-corrected chi connectivity index (χ3v) is 3.55. The molecule has 0 spiro atoms. The molecule has 1 rings (SSSR count). The summed E-state index contributed by atoms with van der Waals surface area (Å²) >= 11 is 0. The first-order valence-electron chi connectivity index (χ1n) is 7.56. The quantitative estimate of drug-likeness (QED) is 0.407. The third-order valence-electron chi connectivity index (χ3n) is 3.55. The van der Waals surface area contributed by atoms with Gasteiger partial charge in [0.1, 0.15) is 0 Å². The fourth-order valence-electron chi connectivity index (χ4n) is 2.23. The van der Waals surface area contributed by atoms with E-state index in [1.165, 1.54) is 0 Å². The molecule has 1 nitrogen and oxygen atoms in total. The number of aliphatic imine (C=N–C) groups is 1. The highest BCUT2D eigenvalue weighted by atomic mass is 19.4. The largest absolute Gasteiger partial charge is 0.417 e. The molecule has 0 saturated carbocycles. The van der Waals surface area contributed by atoms with Gasteiger partial charge in [-0.2, -0.15) is 13.2 Å². The number of alkyl halides is 5. The van der Waals surface area contributed by atoms with E-state index in [4.69, 9.17) is 0 Å². The Kier molecular flexibility index (Phi) is 6.46. The van der Waals surface area contributed by atoms with E-state index in [9.17, 15) is 22.0 Å². The summed E-state index contributed by atoms with van der Waals surface area (Å²) in [6.45, 7) is 9.26. The maximum absolute atomic E-state index is 13.9. The van der Waals surface area contributed by atoms with Gasteiger partial charge in [-0.15, -0.1) is 0 Å². The van der Waals surface area contributed by atoms with Crippen LogP contribution in [0.3, 0.4) is 0 Å². The number of hydrogen-bond acceptors (Lipinski definition) is 1. The number of nitrogens with zero attached hydrogens (tertiary/aromatic N) is 1. The molecule has 1 aromatic carbocycles. The monoisotopic (exact) mass is 357 g/mol. The minimum absolute atomic E-state index is 0.359. The zero-order valence-corrected chi connectivity index (χ0v) is 14.5. The second-order valence-corrected chi connectivity index (χ2v) is 5.53. The summed E-state index contributed by atoms with van der Waals surface area (Å²) in [5.74, 6) is -3.47. The molecule has 0 N–H and O–H groups in total. The Hall–Kier alpha value is -2.24. The molecule has 25 heavy (non-hydrogen) atoms. The first-order chi connectivity index (χ1) is 11.4. The fraction of sp³-hybridized carbons (Fsp3) is 0.316. The van der Waals surface area contributed by atoms with Crippen molar-refractivity contribution in [2.45, 2.75) is 39.8 Å². The van der Waals surface area contributed by atoms with Gasteiger partial charge in [0.2, 0.25) is 0 Å². The van der Waals surface area contributed by atoms with Gasteiger partial charge in [0.05, 0.1) is 17.0 Å². The highest BCUT2D eigenvalue weighted by molar-refractivity contribution is 6.10. The Morgan fingerprint density at radius 1 is 1.08 bits per heavy atom. The molecule has 0 fully saturated rings. The van der Waals surface area contributed by atoms with Crippen molar-refractivity contribution >= 4 is 11.4 Å². The Balaban J connectivity index is 3.71. The van der Waals surface area contributed by atoms with Crippen molar-refractivity contribution in [3.05, 3.63) is 65.3 Å².